The summed E-state index contributed by atoms with van der Waals surface area (Å²) in [4.78, 5) is 27.9. The van der Waals surface area contributed by atoms with E-state index in [4.69, 9.17) is 11.2 Å². The molecule has 0 bridgehead atoms. The first-order chi connectivity index (χ1) is 11.2. The van der Waals surface area contributed by atoms with Crippen LogP contribution in [0.4, 0.5) is 0 Å². The largest absolute Gasteiger partial charge is 0.452 e. The maximum atomic E-state index is 12.2. The lowest BCUT2D eigenvalue weighted by Crippen LogP contribution is -2.29. The van der Waals surface area contributed by atoms with Crippen LogP contribution in [-0.2, 0) is 15.3 Å². The van der Waals surface area contributed by atoms with Gasteiger partial charge >= 0.3 is 5.97 Å². The smallest absolute Gasteiger partial charge is 0.338 e. The summed E-state index contributed by atoms with van der Waals surface area (Å²) in [5, 5.41) is 2.44. The molecule has 7 heteroatoms. The molecule has 0 atom stereocenters. The molecule has 2 rings (SSSR count). The van der Waals surface area contributed by atoms with E-state index in [0.29, 0.717) is 11.3 Å². The number of esters is 1. The van der Waals surface area contributed by atoms with Gasteiger partial charge < -0.3 is 10.1 Å². The molecule has 1 aromatic rings. The van der Waals surface area contributed by atoms with Crippen molar-refractivity contribution in [3.63, 3.8) is 0 Å². The summed E-state index contributed by atoms with van der Waals surface area (Å²) < 4.78 is 6.08. The average molecular weight is 348 g/mol. The highest BCUT2D eigenvalue weighted by molar-refractivity contribution is 8.38. The van der Waals surface area contributed by atoms with Crippen LogP contribution in [0.15, 0.2) is 29.3 Å². The molecule has 1 aliphatic heterocycles. The zero-order chi connectivity index (χ0) is 16.5. The number of terminal acetylenes is 1. The van der Waals surface area contributed by atoms with Crippen LogP contribution in [0.25, 0.3) is 0 Å². The van der Waals surface area contributed by atoms with E-state index in [1.54, 1.807) is 35.7 Å². The minimum Gasteiger partial charge on any atom is -0.452 e. The van der Waals surface area contributed by atoms with Crippen molar-refractivity contribution in [3.05, 3.63) is 35.4 Å². The SMILES string of the molecule is C#CCNC(=O)COC(=O)c1ccccc1CSC1=NCCS1. The molecular formula is C16H16N2O3S2. The van der Waals surface area contributed by atoms with E-state index in [1.165, 1.54) is 0 Å². The van der Waals surface area contributed by atoms with Crippen LogP contribution in [0.3, 0.4) is 0 Å². The third-order valence-electron chi connectivity index (χ3n) is 2.87. The van der Waals surface area contributed by atoms with Crippen LogP contribution in [0.5, 0.6) is 0 Å². The van der Waals surface area contributed by atoms with E-state index in [2.05, 4.69) is 16.2 Å². The van der Waals surface area contributed by atoms with Crippen molar-refractivity contribution < 1.29 is 14.3 Å². The Kier molecular flexibility index (Phi) is 7.04. The summed E-state index contributed by atoms with van der Waals surface area (Å²) in [7, 11) is 0. The van der Waals surface area contributed by atoms with Crippen molar-refractivity contribution in [1.29, 1.82) is 0 Å². The van der Waals surface area contributed by atoms with Crippen molar-refractivity contribution in [2.45, 2.75) is 5.75 Å². The summed E-state index contributed by atoms with van der Waals surface area (Å²) in [6, 6.07) is 7.21. The van der Waals surface area contributed by atoms with Gasteiger partial charge in [0.05, 0.1) is 18.7 Å². The van der Waals surface area contributed by atoms with E-state index >= 15 is 0 Å². The highest BCUT2D eigenvalue weighted by Gasteiger charge is 2.15. The number of rotatable bonds is 6. The molecule has 1 aliphatic rings. The highest BCUT2D eigenvalue weighted by Crippen LogP contribution is 2.26. The molecule has 5 nitrogen and oxygen atoms in total. The number of ether oxygens (including phenoxy) is 1. The Morgan fingerprint density at radius 3 is 3.00 bits per heavy atom. The van der Waals surface area contributed by atoms with Crippen LogP contribution in [0.2, 0.25) is 0 Å². The molecule has 120 valence electrons. The van der Waals surface area contributed by atoms with Crippen LogP contribution < -0.4 is 5.32 Å². The van der Waals surface area contributed by atoms with Gasteiger partial charge in [0.15, 0.2) is 6.61 Å². The minimum atomic E-state index is -0.516. The summed E-state index contributed by atoms with van der Waals surface area (Å²) in [6.07, 6.45) is 5.04. The lowest BCUT2D eigenvalue weighted by molar-refractivity contribution is -0.123. The summed E-state index contributed by atoms with van der Waals surface area (Å²) >= 11 is 3.33. The second-order valence-electron chi connectivity index (χ2n) is 4.50. The van der Waals surface area contributed by atoms with Gasteiger partial charge in [-0.2, -0.15) is 0 Å². The third-order valence-corrected chi connectivity index (χ3v) is 5.17. The second kappa shape index (κ2) is 9.28. The molecular weight excluding hydrogens is 332 g/mol. The van der Waals surface area contributed by atoms with E-state index in [-0.39, 0.29) is 13.2 Å². The number of nitrogens with zero attached hydrogens (tertiary/aromatic N) is 1. The van der Waals surface area contributed by atoms with Gasteiger partial charge in [0.2, 0.25) is 0 Å². The fraction of sp³-hybridized carbons (Fsp3) is 0.312. The topological polar surface area (TPSA) is 67.8 Å². The number of carbonyl (C=O) groups is 2. The second-order valence-corrected chi connectivity index (χ2v) is 6.80. The molecule has 23 heavy (non-hydrogen) atoms. The van der Waals surface area contributed by atoms with Gasteiger partial charge in [0, 0.05) is 11.5 Å². The van der Waals surface area contributed by atoms with Crippen molar-refractivity contribution in [2.75, 3.05) is 25.4 Å². The predicted molar refractivity (Wildman–Crippen MR) is 94.6 cm³/mol. The first-order valence-corrected chi connectivity index (χ1v) is 8.93. The Bertz CT molecular complexity index is 653. The average Bonchev–Trinajstić information content (AvgIpc) is 3.09. The lowest BCUT2D eigenvalue weighted by atomic mass is 10.1. The molecule has 1 N–H and O–H groups in total. The zero-order valence-electron chi connectivity index (χ0n) is 12.4. The van der Waals surface area contributed by atoms with Crippen molar-refractivity contribution in [1.82, 2.24) is 5.32 Å². The van der Waals surface area contributed by atoms with Gasteiger partial charge in [-0.25, -0.2) is 4.79 Å². The zero-order valence-corrected chi connectivity index (χ0v) is 14.0. The van der Waals surface area contributed by atoms with Crippen LogP contribution in [-0.4, -0.2) is 41.7 Å². The van der Waals surface area contributed by atoms with E-state index in [1.807, 2.05) is 12.1 Å². The number of hydrogen-bond acceptors (Lipinski definition) is 6. The molecule has 0 aliphatic carbocycles. The molecule has 0 fully saturated rings. The van der Waals surface area contributed by atoms with Crippen LogP contribution in [0, 0.1) is 12.3 Å². The monoisotopic (exact) mass is 348 g/mol. The quantitative estimate of drug-likeness (QED) is 0.628. The summed E-state index contributed by atoms with van der Waals surface area (Å²) in [6.45, 7) is 0.622. The predicted octanol–water partition coefficient (Wildman–Crippen LogP) is 1.93. The Morgan fingerprint density at radius 2 is 2.26 bits per heavy atom. The Balaban J connectivity index is 1.91. The summed E-state index contributed by atoms with van der Waals surface area (Å²) in [5.41, 5.74) is 1.33. The number of carbonyl (C=O) groups excluding carboxylic acids is 2. The molecule has 0 radical (unpaired) electrons. The maximum absolute atomic E-state index is 12.2. The minimum absolute atomic E-state index is 0.114. The first kappa shape index (κ1) is 17.4. The van der Waals surface area contributed by atoms with Crippen molar-refractivity contribution in [3.8, 4) is 12.3 Å². The van der Waals surface area contributed by atoms with Gasteiger partial charge in [-0.15, -0.1) is 6.42 Å². The number of aliphatic imine (C=N–C) groups is 1. The normalized spacial score (nSPS) is 13.1. The molecule has 0 unspecified atom stereocenters. The van der Waals surface area contributed by atoms with Gasteiger partial charge in [-0.1, -0.05) is 47.6 Å². The Morgan fingerprint density at radius 1 is 1.43 bits per heavy atom. The van der Waals surface area contributed by atoms with Gasteiger partial charge in [-0.05, 0) is 11.6 Å². The molecule has 1 heterocycles. The van der Waals surface area contributed by atoms with Crippen LogP contribution in [0.1, 0.15) is 15.9 Å². The summed E-state index contributed by atoms with van der Waals surface area (Å²) in [5.74, 6) is 3.00. The van der Waals surface area contributed by atoms with Crippen molar-refractivity contribution >= 4 is 39.8 Å². The van der Waals surface area contributed by atoms with E-state index in [0.717, 1.165) is 22.2 Å². The number of benzene rings is 1. The van der Waals surface area contributed by atoms with Gasteiger partial charge in [-0.3, -0.25) is 9.79 Å². The molecule has 0 saturated heterocycles. The molecule has 0 saturated carbocycles. The molecule has 0 aromatic heterocycles. The standard InChI is InChI=1S/C16H16N2O3S2/c1-2-7-17-14(19)10-21-15(20)13-6-4-3-5-12(13)11-23-16-18-8-9-22-16/h1,3-6H,7-11H2,(H,17,19). The fourth-order valence-corrected chi connectivity index (χ4v) is 3.81. The van der Waals surface area contributed by atoms with Crippen LogP contribution >= 0.6 is 23.5 Å². The highest BCUT2D eigenvalue weighted by atomic mass is 32.2. The number of hydrogen-bond donors (Lipinski definition) is 1. The maximum Gasteiger partial charge on any atom is 0.338 e. The number of nitrogens with one attached hydrogen (secondary N) is 1. The van der Waals surface area contributed by atoms with Gasteiger partial charge in [0.25, 0.3) is 5.91 Å². The Hall–Kier alpha value is -1.91. The van der Waals surface area contributed by atoms with Crippen molar-refractivity contribution in [2.24, 2.45) is 4.99 Å². The molecule has 0 spiro atoms. The van der Waals surface area contributed by atoms with E-state index in [9.17, 15) is 9.59 Å². The molecule has 1 aromatic carbocycles. The number of amides is 1. The third kappa shape index (κ3) is 5.66. The first-order valence-electron chi connectivity index (χ1n) is 6.96. The lowest BCUT2D eigenvalue weighted by Gasteiger charge is -2.09. The molecule has 1 amide bonds. The van der Waals surface area contributed by atoms with E-state index < -0.39 is 11.9 Å². The Labute approximate surface area is 143 Å². The number of thioether (sulfide) groups is 2. The fourth-order valence-electron chi connectivity index (χ4n) is 1.80. The van der Waals surface area contributed by atoms with Gasteiger partial charge in [0.1, 0.15) is 4.38 Å².